The lowest BCUT2D eigenvalue weighted by molar-refractivity contribution is -0.142. The van der Waals surface area contributed by atoms with Gasteiger partial charge in [0.1, 0.15) is 5.60 Å². The number of imidazole rings is 1. The monoisotopic (exact) mass is 369 g/mol. The zero-order chi connectivity index (χ0) is 16.0. The second-order valence-electron chi connectivity index (χ2n) is 5.73. The van der Waals surface area contributed by atoms with E-state index in [1.807, 2.05) is 0 Å². The molecular formula is C12H15BrF3N3O2. The first-order valence-corrected chi connectivity index (χ1v) is 7.08. The SMILES string of the molecule is CC(C)(C)OC(=O)N1CCn2c(Br)nc(C(F)(F)F)c2C1. The lowest BCUT2D eigenvalue weighted by Crippen LogP contribution is -2.41. The van der Waals surface area contributed by atoms with Crippen molar-refractivity contribution in [3.63, 3.8) is 0 Å². The third kappa shape index (κ3) is 3.50. The molecule has 1 aliphatic rings. The molecule has 0 aromatic carbocycles. The van der Waals surface area contributed by atoms with Crippen molar-refractivity contribution in [1.29, 1.82) is 0 Å². The number of carbonyl (C=O) groups excluding carboxylic acids is 1. The molecule has 118 valence electrons. The zero-order valence-electron chi connectivity index (χ0n) is 11.8. The molecule has 2 heterocycles. The fourth-order valence-electron chi connectivity index (χ4n) is 2.03. The van der Waals surface area contributed by atoms with Crippen LogP contribution in [0.3, 0.4) is 0 Å². The fourth-order valence-corrected chi connectivity index (χ4v) is 2.60. The smallest absolute Gasteiger partial charge is 0.435 e. The Morgan fingerprint density at radius 3 is 2.43 bits per heavy atom. The van der Waals surface area contributed by atoms with Crippen LogP contribution >= 0.6 is 15.9 Å². The highest BCUT2D eigenvalue weighted by Gasteiger charge is 2.41. The second kappa shape index (κ2) is 5.19. The topological polar surface area (TPSA) is 47.4 Å². The van der Waals surface area contributed by atoms with Crippen LogP contribution in [0.4, 0.5) is 18.0 Å². The van der Waals surface area contributed by atoms with E-state index < -0.39 is 23.6 Å². The van der Waals surface area contributed by atoms with Crippen LogP contribution in [-0.4, -0.2) is 32.7 Å². The van der Waals surface area contributed by atoms with E-state index in [1.165, 1.54) is 9.47 Å². The number of amides is 1. The summed E-state index contributed by atoms with van der Waals surface area (Å²) < 4.78 is 45.6. The van der Waals surface area contributed by atoms with Crippen LogP contribution in [0.5, 0.6) is 0 Å². The van der Waals surface area contributed by atoms with E-state index in [1.54, 1.807) is 20.8 Å². The molecule has 0 radical (unpaired) electrons. The van der Waals surface area contributed by atoms with Crippen molar-refractivity contribution in [2.24, 2.45) is 0 Å². The van der Waals surface area contributed by atoms with Gasteiger partial charge in [-0.1, -0.05) is 0 Å². The summed E-state index contributed by atoms with van der Waals surface area (Å²) in [6.45, 7) is 5.44. The Kier molecular flexibility index (Phi) is 3.98. The average molecular weight is 370 g/mol. The number of rotatable bonds is 0. The number of hydrogen-bond acceptors (Lipinski definition) is 3. The van der Waals surface area contributed by atoms with E-state index in [0.29, 0.717) is 0 Å². The molecule has 21 heavy (non-hydrogen) atoms. The molecule has 2 rings (SSSR count). The average Bonchev–Trinajstić information content (AvgIpc) is 2.64. The van der Waals surface area contributed by atoms with Gasteiger partial charge in [0, 0.05) is 13.1 Å². The highest BCUT2D eigenvalue weighted by atomic mass is 79.9. The van der Waals surface area contributed by atoms with Gasteiger partial charge in [0.25, 0.3) is 0 Å². The van der Waals surface area contributed by atoms with Crippen LogP contribution in [0.25, 0.3) is 0 Å². The number of halogens is 4. The maximum absolute atomic E-state index is 13.0. The van der Waals surface area contributed by atoms with Gasteiger partial charge >= 0.3 is 12.3 Å². The molecule has 1 aromatic heterocycles. The van der Waals surface area contributed by atoms with E-state index in [9.17, 15) is 18.0 Å². The molecule has 0 aliphatic carbocycles. The minimum absolute atomic E-state index is 0.0357. The second-order valence-corrected chi connectivity index (χ2v) is 6.44. The van der Waals surface area contributed by atoms with Gasteiger partial charge in [-0.3, -0.25) is 0 Å². The molecular weight excluding hydrogens is 355 g/mol. The molecule has 0 unspecified atom stereocenters. The van der Waals surface area contributed by atoms with E-state index >= 15 is 0 Å². The molecule has 0 atom stereocenters. The molecule has 0 fully saturated rings. The summed E-state index contributed by atoms with van der Waals surface area (Å²) in [4.78, 5) is 16.7. The minimum Gasteiger partial charge on any atom is -0.444 e. The van der Waals surface area contributed by atoms with Crippen molar-refractivity contribution < 1.29 is 22.7 Å². The van der Waals surface area contributed by atoms with Crippen molar-refractivity contribution in [3.05, 3.63) is 16.1 Å². The van der Waals surface area contributed by atoms with Crippen molar-refractivity contribution in [2.75, 3.05) is 6.54 Å². The van der Waals surface area contributed by atoms with Crippen molar-refractivity contribution in [3.8, 4) is 0 Å². The van der Waals surface area contributed by atoms with E-state index in [-0.39, 0.29) is 30.1 Å². The summed E-state index contributed by atoms with van der Waals surface area (Å²) >= 11 is 3.02. The normalized spacial score (nSPS) is 15.9. The summed E-state index contributed by atoms with van der Waals surface area (Å²) in [7, 11) is 0. The molecule has 0 bridgehead atoms. The first-order valence-electron chi connectivity index (χ1n) is 6.29. The summed E-state index contributed by atoms with van der Waals surface area (Å²) in [5.74, 6) is 0. The number of ether oxygens (including phenoxy) is 1. The van der Waals surface area contributed by atoms with Crippen molar-refractivity contribution >= 4 is 22.0 Å². The van der Waals surface area contributed by atoms with Gasteiger partial charge in [0.15, 0.2) is 10.4 Å². The Balaban J connectivity index is 2.26. The number of carbonyl (C=O) groups is 1. The van der Waals surface area contributed by atoms with Crippen LogP contribution in [0, 0.1) is 0 Å². The van der Waals surface area contributed by atoms with Crippen molar-refractivity contribution in [1.82, 2.24) is 14.5 Å². The lowest BCUT2D eigenvalue weighted by atomic mass is 10.2. The van der Waals surface area contributed by atoms with Gasteiger partial charge in [-0.15, -0.1) is 0 Å². The summed E-state index contributed by atoms with van der Waals surface area (Å²) in [5, 5.41) is 0. The maximum Gasteiger partial charge on any atom is 0.435 e. The molecule has 5 nitrogen and oxygen atoms in total. The number of alkyl halides is 3. The molecule has 0 saturated heterocycles. The quantitative estimate of drug-likeness (QED) is 0.703. The largest absolute Gasteiger partial charge is 0.444 e. The number of fused-ring (bicyclic) bond motifs is 1. The standard InChI is InChI=1S/C12H15BrF3N3O2/c1-11(2,3)21-10(20)18-4-5-19-7(6-18)8(12(14,15)16)17-9(19)13/h4-6H2,1-3H3. The molecule has 1 aromatic rings. The molecule has 1 aliphatic heterocycles. The Morgan fingerprint density at radius 1 is 1.29 bits per heavy atom. The van der Waals surface area contributed by atoms with E-state index in [4.69, 9.17) is 4.74 Å². The fraction of sp³-hybridized carbons (Fsp3) is 0.667. The van der Waals surface area contributed by atoms with Gasteiger partial charge in [-0.25, -0.2) is 9.78 Å². The first kappa shape index (κ1) is 16.1. The summed E-state index contributed by atoms with van der Waals surface area (Å²) in [5.41, 5.74) is -1.70. The first-order chi connectivity index (χ1) is 9.49. The molecule has 0 spiro atoms. The van der Waals surface area contributed by atoms with Crippen molar-refractivity contribution in [2.45, 2.75) is 45.6 Å². The van der Waals surface area contributed by atoms with E-state index in [2.05, 4.69) is 20.9 Å². The van der Waals surface area contributed by atoms with Crippen LogP contribution < -0.4 is 0 Å². The zero-order valence-corrected chi connectivity index (χ0v) is 13.4. The number of nitrogens with zero attached hydrogens (tertiary/aromatic N) is 3. The predicted octanol–water partition coefficient (Wildman–Crippen LogP) is 3.42. The Bertz CT molecular complexity index is 563. The Morgan fingerprint density at radius 2 is 1.90 bits per heavy atom. The van der Waals surface area contributed by atoms with Gasteiger partial charge in [0.2, 0.25) is 0 Å². The molecule has 0 N–H and O–H groups in total. The number of aromatic nitrogens is 2. The highest BCUT2D eigenvalue weighted by Crippen LogP contribution is 2.35. The lowest BCUT2D eigenvalue weighted by Gasteiger charge is -2.31. The maximum atomic E-state index is 13.0. The summed E-state index contributed by atoms with van der Waals surface area (Å²) in [6.07, 6.45) is -5.18. The molecule has 9 heteroatoms. The van der Waals surface area contributed by atoms with Crippen LogP contribution in [0.1, 0.15) is 32.2 Å². The highest BCUT2D eigenvalue weighted by molar-refractivity contribution is 9.10. The third-order valence-corrected chi connectivity index (χ3v) is 3.49. The van der Waals surface area contributed by atoms with Gasteiger partial charge in [-0.05, 0) is 36.7 Å². The molecule has 0 saturated carbocycles. The van der Waals surface area contributed by atoms with E-state index in [0.717, 1.165) is 0 Å². The molecule has 1 amide bonds. The van der Waals surface area contributed by atoms with Gasteiger partial charge < -0.3 is 14.2 Å². The minimum atomic E-state index is -4.56. The predicted molar refractivity (Wildman–Crippen MR) is 71.6 cm³/mol. The van der Waals surface area contributed by atoms with Crippen LogP contribution in [0.15, 0.2) is 4.73 Å². The van der Waals surface area contributed by atoms with Gasteiger partial charge in [0.05, 0.1) is 12.2 Å². The van der Waals surface area contributed by atoms with Crippen LogP contribution in [0.2, 0.25) is 0 Å². The third-order valence-electron chi connectivity index (χ3n) is 2.88. The number of hydrogen-bond donors (Lipinski definition) is 0. The van der Waals surface area contributed by atoms with Gasteiger partial charge in [-0.2, -0.15) is 13.2 Å². The Labute approximate surface area is 128 Å². The Hall–Kier alpha value is -1.25. The summed E-state index contributed by atoms with van der Waals surface area (Å²) in [6, 6.07) is 0. The van der Waals surface area contributed by atoms with Crippen LogP contribution in [-0.2, 0) is 24.0 Å².